The molecule has 2 fully saturated rings. The second kappa shape index (κ2) is 9.70. The number of imide groups is 1. The van der Waals surface area contributed by atoms with E-state index in [0.717, 1.165) is 32.5 Å². The summed E-state index contributed by atoms with van der Waals surface area (Å²) in [4.78, 5) is 26.0. The minimum absolute atomic E-state index is 0.147. The standard InChI is InChI=1S/C26H24ClIN2O4/c1-2-33-21-12-16(11-20(28)24(21)34-14-15-3-9-19(27)10-4-15)13-29-30-25(31)22-17-5-6-18(8-7-17)23(22)26(30)32/h3-6,9-13,17-18,22-23H,2,7-8,14H2,1H3. The number of hydrogen-bond acceptors (Lipinski definition) is 5. The number of amides is 2. The van der Waals surface area contributed by atoms with Gasteiger partial charge >= 0.3 is 0 Å². The first-order valence-corrected chi connectivity index (χ1v) is 12.9. The van der Waals surface area contributed by atoms with Crippen molar-refractivity contribution in [3.63, 3.8) is 0 Å². The topological polar surface area (TPSA) is 68.2 Å². The number of allylic oxidation sites excluding steroid dienone is 2. The van der Waals surface area contributed by atoms with Gasteiger partial charge in [0.1, 0.15) is 6.61 Å². The van der Waals surface area contributed by atoms with E-state index in [4.69, 9.17) is 21.1 Å². The molecular weight excluding hydrogens is 567 g/mol. The summed E-state index contributed by atoms with van der Waals surface area (Å²) < 4.78 is 12.7. The Hall–Kier alpha value is -2.39. The van der Waals surface area contributed by atoms with Gasteiger partial charge in [0.2, 0.25) is 0 Å². The maximum Gasteiger partial charge on any atom is 0.254 e. The Labute approximate surface area is 217 Å². The Balaban J connectivity index is 1.35. The molecule has 0 radical (unpaired) electrons. The summed E-state index contributed by atoms with van der Waals surface area (Å²) in [6, 6.07) is 11.2. The Morgan fingerprint density at radius 2 is 1.71 bits per heavy atom. The molecular formula is C26H24ClIN2O4. The fraction of sp³-hybridized carbons (Fsp3) is 0.346. The van der Waals surface area contributed by atoms with Crippen molar-refractivity contribution in [3.8, 4) is 11.5 Å². The number of nitrogens with zero attached hydrogens (tertiary/aromatic N) is 2. The molecule has 2 aromatic rings. The number of rotatable bonds is 7. The molecule has 6 rings (SSSR count). The molecule has 1 heterocycles. The summed E-state index contributed by atoms with van der Waals surface area (Å²) >= 11 is 8.15. The zero-order valence-electron chi connectivity index (χ0n) is 18.6. The summed E-state index contributed by atoms with van der Waals surface area (Å²) in [6.07, 6.45) is 7.69. The first-order valence-electron chi connectivity index (χ1n) is 11.4. The number of hydrogen-bond donors (Lipinski definition) is 0. The van der Waals surface area contributed by atoms with Crippen LogP contribution in [0.15, 0.2) is 53.7 Å². The van der Waals surface area contributed by atoms with Gasteiger partial charge in [-0.3, -0.25) is 9.59 Å². The molecule has 0 N–H and O–H groups in total. The van der Waals surface area contributed by atoms with E-state index in [1.54, 1.807) is 6.21 Å². The number of fused-ring (bicyclic) bond motifs is 1. The summed E-state index contributed by atoms with van der Waals surface area (Å²) in [5.74, 6) is 0.605. The van der Waals surface area contributed by atoms with Crippen molar-refractivity contribution in [1.82, 2.24) is 5.01 Å². The Kier molecular flexibility index (Phi) is 6.66. The predicted molar refractivity (Wildman–Crippen MR) is 138 cm³/mol. The first-order chi connectivity index (χ1) is 16.5. The van der Waals surface area contributed by atoms with Crippen molar-refractivity contribution in [1.29, 1.82) is 0 Å². The van der Waals surface area contributed by atoms with Crippen LogP contribution < -0.4 is 9.47 Å². The van der Waals surface area contributed by atoms with Crippen LogP contribution in [0.1, 0.15) is 30.9 Å². The molecule has 176 valence electrons. The molecule has 34 heavy (non-hydrogen) atoms. The van der Waals surface area contributed by atoms with Gasteiger partial charge in [0.15, 0.2) is 11.5 Å². The molecule has 8 heteroatoms. The highest BCUT2D eigenvalue weighted by atomic mass is 127. The number of carbonyl (C=O) groups is 2. The van der Waals surface area contributed by atoms with Crippen LogP contribution in [-0.4, -0.2) is 29.6 Å². The highest BCUT2D eigenvalue weighted by Crippen LogP contribution is 2.49. The van der Waals surface area contributed by atoms with Crippen LogP contribution in [0, 0.1) is 27.2 Å². The molecule has 2 aromatic carbocycles. The zero-order valence-corrected chi connectivity index (χ0v) is 21.5. The van der Waals surface area contributed by atoms with Crippen molar-refractivity contribution < 1.29 is 19.1 Å². The lowest BCUT2D eigenvalue weighted by molar-refractivity contribution is -0.140. The van der Waals surface area contributed by atoms with Crippen LogP contribution in [0.5, 0.6) is 11.5 Å². The monoisotopic (exact) mass is 590 g/mol. The van der Waals surface area contributed by atoms with Gasteiger partial charge in [0.05, 0.1) is 28.2 Å². The van der Waals surface area contributed by atoms with Crippen LogP contribution in [0.2, 0.25) is 5.02 Å². The van der Waals surface area contributed by atoms with Crippen molar-refractivity contribution >= 4 is 52.2 Å². The summed E-state index contributed by atoms with van der Waals surface area (Å²) in [7, 11) is 0. The van der Waals surface area contributed by atoms with E-state index in [2.05, 4.69) is 39.8 Å². The molecule has 1 aliphatic heterocycles. The van der Waals surface area contributed by atoms with Gasteiger partial charge in [-0.1, -0.05) is 35.9 Å². The maximum absolute atomic E-state index is 13.0. The quantitative estimate of drug-likeness (QED) is 0.186. The lowest BCUT2D eigenvalue weighted by Crippen LogP contribution is -2.38. The predicted octanol–water partition coefficient (Wildman–Crippen LogP) is 5.45. The third-order valence-corrected chi connectivity index (χ3v) is 7.74. The highest BCUT2D eigenvalue weighted by molar-refractivity contribution is 14.1. The van der Waals surface area contributed by atoms with Gasteiger partial charge in [-0.2, -0.15) is 10.1 Å². The van der Waals surface area contributed by atoms with Gasteiger partial charge < -0.3 is 9.47 Å². The average Bonchev–Trinajstić information content (AvgIpc) is 3.11. The van der Waals surface area contributed by atoms with E-state index in [1.807, 2.05) is 43.3 Å². The first kappa shape index (κ1) is 23.4. The Morgan fingerprint density at radius 1 is 1.06 bits per heavy atom. The van der Waals surface area contributed by atoms with E-state index < -0.39 is 0 Å². The number of benzene rings is 2. The maximum atomic E-state index is 13.0. The molecule has 3 aliphatic carbocycles. The summed E-state index contributed by atoms with van der Waals surface area (Å²) in [5, 5.41) is 6.07. The third kappa shape index (κ3) is 4.35. The van der Waals surface area contributed by atoms with Gasteiger partial charge in [-0.05, 0) is 89.6 Å². The average molecular weight is 591 g/mol. The summed E-state index contributed by atoms with van der Waals surface area (Å²) in [5.41, 5.74) is 1.72. The molecule has 0 aromatic heterocycles. The van der Waals surface area contributed by atoms with E-state index in [-0.39, 0.29) is 35.5 Å². The van der Waals surface area contributed by atoms with Gasteiger partial charge in [0, 0.05) is 5.02 Å². The van der Waals surface area contributed by atoms with E-state index in [0.29, 0.717) is 29.7 Å². The van der Waals surface area contributed by atoms with Crippen molar-refractivity contribution in [2.75, 3.05) is 6.61 Å². The minimum Gasteiger partial charge on any atom is -0.490 e. The van der Waals surface area contributed by atoms with E-state index >= 15 is 0 Å². The molecule has 4 unspecified atom stereocenters. The molecule has 1 saturated carbocycles. The number of hydrazone groups is 1. The lowest BCUT2D eigenvalue weighted by Gasteiger charge is -2.37. The molecule has 4 aliphatic rings. The lowest BCUT2D eigenvalue weighted by atomic mass is 9.63. The van der Waals surface area contributed by atoms with Gasteiger partial charge in [-0.15, -0.1) is 0 Å². The zero-order chi connectivity index (χ0) is 23.8. The third-order valence-electron chi connectivity index (χ3n) is 6.69. The van der Waals surface area contributed by atoms with E-state index in [9.17, 15) is 9.59 Å². The van der Waals surface area contributed by atoms with Crippen LogP contribution in [0.4, 0.5) is 0 Å². The fourth-order valence-corrected chi connectivity index (χ4v) is 6.01. The summed E-state index contributed by atoms with van der Waals surface area (Å²) in [6.45, 7) is 2.75. The molecule has 2 amide bonds. The number of carbonyl (C=O) groups excluding carboxylic acids is 2. The second-order valence-corrected chi connectivity index (χ2v) is 10.4. The molecule has 2 bridgehead atoms. The SMILES string of the molecule is CCOc1cc(C=NN2C(=O)C3C4C=CC(CC4)C3C2=O)cc(I)c1OCc1ccc(Cl)cc1. The number of ether oxygens (including phenoxy) is 2. The minimum atomic E-state index is -0.267. The Morgan fingerprint density at radius 3 is 2.29 bits per heavy atom. The van der Waals surface area contributed by atoms with Crippen LogP contribution in [0.25, 0.3) is 0 Å². The van der Waals surface area contributed by atoms with Gasteiger partial charge in [-0.25, -0.2) is 0 Å². The molecule has 1 saturated heterocycles. The fourth-order valence-electron chi connectivity index (χ4n) is 5.10. The van der Waals surface area contributed by atoms with Crippen LogP contribution in [-0.2, 0) is 16.2 Å². The van der Waals surface area contributed by atoms with Crippen molar-refractivity contribution in [3.05, 3.63) is 68.3 Å². The van der Waals surface area contributed by atoms with Crippen LogP contribution in [0.3, 0.4) is 0 Å². The largest absolute Gasteiger partial charge is 0.490 e. The molecule has 4 atom stereocenters. The molecule has 0 spiro atoms. The smallest absolute Gasteiger partial charge is 0.254 e. The Bertz CT molecular complexity index is 1150. The van der Waals surface area contributed by atoms with E-state index in [1.165, 1.54) is 0 Å². The highest BCUT2D eigenvalue weighted by Gasteiger charge is 2.56. The number of halogens is 2. The van der Waals surface area contributed by atoms with Crippen molar-refractivity contribution in [2.45, 2.75) is 26.4 Å². The second-order valence-electron chi connectivity index (χ2n) is 8.75. The molecule has 6 nitrogen and oxygen atoms in total. The van der Waals surface area contributed by atoms with Crippen LogP contribution >= 0.6 is 34.2 Å². The van der Waals surface area contributed by atoms with Gasteiger partial charge in [0.25, 0.3) is 11.8 Å². The normalized spacial score (nSPS) is 25.3. The van der Waals surface area contributed by atoms with Crippen molar-refractivity contribution in [2.24, 2.45) is 28.8 Å².